The van der Waals surface area contributed by atoms with Gasteiger partial charge in [-0.25, -0.2) is 4.98 Å². The molecular formula is C13H13BrClN3O2S. The van der Waals surface area contributed by atoms with Gasteiger partial charge in [-0.15, -0.1) is 11.3 Å². The molecule has 0 aliphatic heterocycles. The lowest BCUT2D eigenvalue weighted by molar-refractivity contribution is -0.122. The highest BCUT2D eigenvalue weighted by atomic mass is 79.9. The Balaban J connectivity index is 1.99. The lowest BCUT2D eigenvalue weighted by Crippen LogP contribution is -2.24. The molecule has 0 aliphatic carbocycles. The van der Waals surface area contributed by atoms with Crippen molar-refractivity contribution in [3.05, 3.63) is 38.2 Å². The van der Waals surface area contributed by atoms with E-state index in [1.54, 1.807) is 19.3 Å². The normalized spacial score (nSPS) is 10.2. The number of thiazole rings is 1. The van der Waals surface area contributed by atoms with Crippen LogP contribution >= 0.6 is 38.9 Å². The standard InChI is InChI=1S/C13H13BrClN3O2S/c1-16-12(19)7-20-8-2-3-10(14)11(4-8)17-5-9-6-18-13(15)21-9/h2-4,6,17H,5,7H2,1H3,(H,16,19). The van der Waals surface area contributed by atoms with Crippen LogP contribution in [0.4, 0.5) is 5.69 Å². The molecule has 0 unspecified atom stereocenters. The number of nitrogens with one attached hydrogen (secondary N) is 2. The Labute approximate surface area is 139 Å². The van der Waals surface area contributed by atoms with Gasteiger partial charge in [0.2, 0.25) is 0 Å². The van der Waals surface area contributed by atoms with Crippen LogP contribution in [0.1, 0.15) is 4.88 Å². The molecule has 1 heterocycles. The van der Waals surface area contributed by atoms with Crippen molar-refractivity contribution in [2.75, 3.05) is 19.0 Å². The van der Waals surface area contributed by atoms with E-state index >= 15 is 0 Å². The molecule has 0 aliphatic rings. The van der Waals surface area contributed by atoms with Crippen LogP contribution < -0.4 is 15.4 Å². The molecule has 0 fully saturated rings. The number of amides is 1. The maximum Gasteiger partial charge on any atom is 0.257 e. The Morgan fingerprint density at radius 2 is 2.33 bits per heavy atom. The van der Waals surface area contributed by atoms with Gasteiger partial charge in [0.25, 0.3) is 5.91 Å². The summed E-state index contributed by atoms with van der Waals surface area (Å²) in [6.07, 6.45) is 1.74. The van der Waals surface area contributed by atoms with Gasteiger partial charge in [-0.3, -0.25) is 4.79 Å². The van der Waals surface area contributed by atoms with Crippen LogP contribution in [0.2, 0.25) is 4.47 Å². The first-order valence-electron chi connectivity index (χ1n) is 6.05. The highest BCUT2D eigenvalue weighted by molar-refractivity contribution is 9.10. The van der Waals surface area contributed by atoms with E-state index in [9.17, 15) is 4.79 Å². The lowest BCUT2D eigenvalue weighted by Gasteiger charge is -2.10. The van der Waals surface area contributed by atoms with E-state index in [1.807, 2.05) is 12.1 Å². The molecule has 1 aromatic heterocycles. The van der Waals surface area contributed by atoms with E-state index in [0.29, 0.717) is 16.8 Å². The monoisotopic (exact) mass is 389 g/mol. The van der Waals surface area contributed by atoms with E-state index in [4.69, 9.17) is 16.3 Å². The van der Waals surface area contributed by atoms with Crippen LogP contribution in [0.25, 0.3) is 0 Å². The largest absolute Gasteiger partial charge is 0.484 e. The third-order valence-corrected chi connectivity index (χ3v) is 4.37. The minimum absolute atomic E-state index is 0.0119. The second kappa shape index (κ2) is 7.63. The summed E-state index contributed by atoms with van der Waals surface area (Å²) in [6, 6.07) is 5.48. The van der Waals surface area contributed by atoms with Crippen LogP contribution in [-0.4, -0.2) is 24.5 Å². The maximum atomic E-state index is 11.2. The number of halogens is 2. The summed E-state index contributed by atoms with van der Waals surface area (Å²) in [5.41, 5.74) is 0.869. The average Bonchev–Trinajstić information content (AvgIpc) is 2.90. The van der Waals surface area contributed by atoms with Gasteiger partial charge in [-0.1, -0.05) is 11.6 Å². The molecule has 0 saturated carbocycles. The van der Waals surface area contributed by atoms with Crippen LogP contribution in [-0.2, 0) is 11.3 Å². The molecule has 0 bridgehead atoms. The molecule has 0 saturated heterocycles. The van der Waals surface area contributed by atoms with Crippen molar-refractivity contribution in [2.45, 2.75) is 6.54 Å². The Kier molecular flexibility index (Phi) is 5.84. The van der Waals surface area contributed by atoms with Crippen molar-refractivity contribution in [1.82, 2.24) is 10.3 Å². The maximum absolute atomic E-state index is 11.2. The van der Waals surface area contributed by atoms with Crippen molar-refractivity contribution in [1.29, 1.82) is 0 Å². The zero-order chi connectivity index (χ0) is 15.2. The molecule has 1 aromatic carbocycles. The van der Waals surface area contributed by atoms with E-state index in [2.05, 4.69) is 31.5 Å². The lowest BCUT2D eigenvalue weighted by atomic mass is 10.3. The molecule has 112 valence electrons. The van der Waals surface area contributed by atoms with Crippen LogP contribution in [0.15, 0.2) is 28.9 Å². The van der Waals surface area contributed by atoms with Gasteiger partial charge < -0.3 is 15.4 Å². The van der Waals surface area contributed by atoms with Gasteiger partial charge >= 0.3 is 0 Å². The van der Waals surface area contributed by atoms with E-state index in [1.165, 1.54) is 11.3 Å². The second-order valence-corrected chi connectivity index (χ2v) is 6.59. The molecule has 2 N–H and O–H groups in total. The molecule has 1 amide bonds. The van der Waals surface area contributed by atoms with Crippen molar-refractivity contribution < 1.29 is 9.53 Å². The molecule has 0 radical (unpaired) electrons. The highest BCUT2D eigenvalue weighted by Gasteiger charge is 2.06. The van der Waals surface area contributed by atoms with Crippen molar-refractivity contribution in [2.24, 2.45) is 0 Å². The first-order chi connectivity index (χ1) is 10.1. The molecule has 2 rings (SSSR count). The fourth-order valence-electron chi connectivity index (χ4n) is 1.50. The van der Waals surface area contributed by atoms with Gasteiger partial charge in [-0.2, -0.15) is 0 Å². The number of rotatable bonds is 6. The van der Waals surface area contributed by atoms with Crippen molar-refractivity contribution in [3.8, 4) is 5.75 Å². The average molecular weight is 391 g/mol. The quantitative estimate of drug-likeness (QED) is 0.794. The number of hydrogen-bond donors (Lipinski definition) is 2. The Hall–Kier alpha value is -1.31. The van der Waals surface area contributed by atoms with Crippen molar-refractivity contribution >= 4 is 50.5 Å². The number of benzene rings is 1. The van der Waals surface area contributed by atoms with Gasteiger partial charge in [-0.05, 0) is 28.1 Å². The number of anilines is 1. The predicted molar refractivity (Wildman–Crippen MR) is 88.2 cm³/mol. The van der Waals surface area contributed by atoms with Crippen LogP contribution in [0.3, 0.4) is 0 Å². The number of ether oxygens (including phenoxy) is 1. The summed E-state index contributed by atoms with van der Waals surface area (Å²) in [5.74, 6) is 0.443. The molecule has 0 atom stereocenters. The number of likely N-dealkylation sites (N-methyl/N-ethyl adjacent to an activating group) is 1. The summed E-state index contributed by atoms with van der Waals surface area (Å²) in [6.45, 7) is 0.601. The number of carbonyl (C=O) groups is 1. The van der Waals surface area contributed by atoms with Crippen LogP contribution in [0.5, 0.6) is 5.75 Å². The minimum atomic E-state index is -0.174. The number of aromatic nitrogens is 1. The van der Waals surface area contributed by atoms with Crippen molar-refractivity contribution in [3.63, 3.8) is 0 Å². The van der Waals surface area contributed by atoms with Gasteiger partial charge in [0.15, 0.2) is 11.1 Å². The Morgan fingerprint density at radius 3 is 3.00 bits per heavy atom. The van der Waals surface area contributed by atoms with E-state index in [0.717, 1.165) is 15.0 Å². The minimum Gasteiger partial charge on any atom is -0.484 e. The highest BCUT2D eigenvalue weighted by Crippen LogP contribution is 2.28. The third-order valence-electron chi connectivity index (χ3n) is 2.57. The molecule has 0 spiro atoms. The Bertz CT molecular complexity index is 636. The second-order valence-electron chi connectivity index (χ2n) is 4.04. The molecular weight excluding hydrogens is 378 g/mol. The molecule has 2 aromatic rings. The van der Waals surface area contributed by atoms with Crippen LogP contribution in [0, 0.1) is 0 Å². The fraction of sp³-hybridized carbons (Fsp3) is 0.231. The summed E-state index contributed by atoms with van der Waals surface area (Å²) in [5, 5.41) is 5.77. The third kappa shape index (κ3) is 4.87. The predicted octanol–water partition coefficient (Wildman–Crippen LogP) is 3.30. The van der Waals surface area contributed by atoms with E-state index < -0.39 is 0 Å². The summed E-state index contributed by atoms with van der Waals surface area (Å²) < 4.78 is 6.84. The number of nitrogens with zero attached hydrogens (tertiary/aromatic N) is 1. The molecule has 21 heavy (non-hydrogen) atoms. The summed E-state index contributed by atoms with van der Waals surface area (Å²) in [4.78, 5) is 16.2. The smallest absolute Gasteiger partial charge is 0.257 e. The SMILES string of the molecule is CNC(=O)COc1ccc(Br)c(NCc2cnc(Cl)s2)c1. The zero-order valence-corrected chi connectivity index (χ0v) is 14.3. The van der Waals surface area contributed by atoms with E-state index in [-0.39, 0.29) is 12.5 Å². The van der Waals surface area contributed by atoms with Gasteiger partial charge in [0, 0.05) is 28.7 Å². The fourth-order valence-corrected chi connectivity index (χ4v) is 2.80. The van der Waals surface area contributed by atoms with Gasteiger partial charge in [0.05, 0.1) is 12.2 Å². The number of hydrogen-bond acceptors (Lipinski definition) is 5. The summed E-state index contributed by atoms with van der Waals surface area (Å²) >= 11 is 10.7. The Morgan fingerprint density at radius 1 is 1.52 bits per heavy atom. The first kappa shape index (κ1) is 16.1. The molecule has 5 nitrogen and oxygen atoms in total. The first-order valence-corrected chi connectivity index (χ1v) is 8.04. The number of carbonyl (C=O) groups excluding carboxylic acids is 1. The molecule has 8 heteroatoms. The summed E-state index contributed by atoms with van der Waals surface area (Å²) in [7, 11) is 1.57. The van der Waals surface area contributed by atoms with Gasteiger partial charge in [0.1, 0.15) is 5.75 Å². The zero-order valence-electron chi connectivity index (χ0n) is 11.2. The topological polar surface area (TPSA) is 63.2 Å².